The number of fused-ring (bicyclic) bond motifs is 3. The number of carbonyl (C=O) groups excluding carboxylic acids is 1. The predicted octanol–water partition coefficient (Wildman–Crippen LogP) is 7.42. The molecule has 0 aliphatic carbocycles. The summed E-state index contributed by atoms with van der Waals surface area (Å²) in [6.07, 6.45) is 4.19. The summed E-state index contributed by atoms with van der Waals surface area (Å²) < 4.78 is 2.34. The molecule has 0 saturated carbocycles. The molecule has 0 aliphatic rings. The van der Waals surface area contributed by atoms with Crippen LogP contribution < -0.4 is 0 Å². The molecule has 0 radical (unpaired) electrons. The summed E-state index contributed by atoms with van der Waals surface area (Å²) in [4.78, 5) is 12.0. The Balaban J connectivity index is 1.72. The third-order valence-corrected chi connectivity index (χ3v) is 5.57. The Hall–Kier alpha value is -3.39. The van der Waals surface area contributed by atoms with Gasteiger partial charge in [0.15, 0.2) is 5.78 Å². The van der Waals surface area contributed by atoms with Crippen molar-refractivity contribution in [3.63, 3.8) is 0 Å². The van der Waals surface area contributed by atoms with Crippen LogP contribution in [-0.2, 0) is 11.2 Å². The van der Waals surface area contributed by atoms with Crippen LogP contribution in [0.1, 0.15) is 37.5 Å². The van der Waals surface area contributed by atoms with E-state index < -0.39 is 0 Å². The SMILES string of the molecule is CC(C)=CC(=O)C=C(C)Cc1ccc(-n2c3ccc(C)cc3c3cc(C)ccc32)cc1. The highest BCUT2D eigenvalue weighted by molar-refractivity contribution is 6.09. The van der Waals surface area contributed by atoms with E-state index in [1.807, 2.05) is 20.8 Å². The third kappa shape index (κ3) is 4.39. The number of nitrogens with zero attached hydrogens (tertiary/aromatic N) is 1. The highest BCUT2D eigenvalue weighted by Crippen LogP contribution is 2.33. The largest absolute Gasteiger partial charge is 0.309 e. The molecule has 0 saturated heterocycles. The number of benzene rings is 3. The minimum atomic E-state index is 0.0602. The van der Waals surface area contributed by atoms with Crippen LogP contribution in [0.4, 0.5) is 0 Å². The van der Waals surface area contributed by atoms with Gasteiger partial charge in [-0.3, -0.25) is 4.79 Å². The number of aromatic nitrogens is 1. The van der Waals surface area contributed by atoms with Gasteiger partial charge in [0, 0.05) is 16.5 Å². The number of aryl methyl sites for hydroxylation is 2. The molecule has 2 nitrogen and oxygen atoms in total. The zero-order chi connectivity index (χ0) is 22.1. The van der Waals surface area contributed by atoms with Gasteiger partial charge in [-0.2, -0.15) is 0 Å². The van der Waals surface area contributed by atoms with Gasteiger partial charge in [-0.15, -0.1) is 0 Å². The summed E-state index contributed by atoms with van der Waals surface area (Å²) in [5.74, 6) is 0.0602. The minimum absolute atomic E-state index is 0.0602. The summed E-state index contributed by atoms with van der Waals surface area (Å²) >= 11 is 0. The minimum Gasteiger partial charge on any atom is -0.309 e. The van der Waals surface area contributed by atoms with Crippen LogP contribution in [0.25, 0.3) is 27.5 Å². The van der Waals surface area contributed by atoms with Gasteiger partial charge in [0.2, 0.25) is 0 Å². The first-order valence-electron chi connectivity index (χ1n) is 10.8. The second-order valence-corrected chi connectivity index (χ2v) is 8.83. The van der Waals surface area contributed by atoms with Crippen LogP contribution in [0.15, 0.2) is 84.0 Å². The monoisotopic (exact) mass is 407 g/mol. The fourth-order valence-corrected chi connectivity index (χ4v) is 4.23. The van der Waals surface area contributed by atoms with Crippen LogP contribution in [0.5, 0.6) is 0 Å². The van der Waals surface area contributed by atoms with Crippen LogP contribution in [-0.4, -0.2) is 10.4 Å². The van der Waals surface area contributed by atoms with Crippen LogP contribution in [0.3, 0.4) is 0 Å². The van der Waals surface area contributed by atoms with Crippen molar-refractivity contribution >= 4 is 27.6 Å². The van der Waals surface area contributed by atoms with E-state index in [0.717, 1.165) is 23.3 Å². The fraction of sp³-hybridized carbons (Fsp3) is 0.207. The molecule has 31 heavy (non-hydrogen) atoms. The zero-order valence-corrected chi connectivity index (χ0v) is 19.0. The Morgan fingerprint density at radius 3 is 1.84 bits per heavy atom. The molecule has 0 spiro atoms. The maximum absolute atomic E-state index is 12.0. The smallest absolute Gasteiger partial charge is 0.178 e. The summed E-state index contributed by atoms with van der Waals surface area (Å²) in [7, 11) is 0. The molecular weight excluding hydrogens is 378 g/mol. The highest BCUT2D eigenvalue weighted by atomic mass is 16.1. The molecule has 0 fully saturated rings. The lowest BCUT2D eigenvalue weighted by Crippen LogP contribution is -1.96. The molecule has 0 unspecified atom stereocenters. The highest BCUT2D eigenvalue weighted by Gasteiger charge is 2.12. The first kappa shape index (κ1) is 20.9. The van der Waals surface area contributed by atoms with E-state index in [2.05, 4.69) is 79.1 Å². The van der Waals surface area contributed by atoms with E-state index in [4.69, 9.17) is 0 Å². The lowest BCUT2D eigenvalue weighted by molar-refractivity contribution is -0.110. The molecule has 2 heteroatoms. The lowest BCUT2D eigenvalue weighted by atomic mass is 10.0. The number of carbonyl (C=O) groups is 1. The molecule has 4 rings (SSSR count). The normalized spacial score (nSPS) is 11.8. The van der Waals surface area contributed by atoms with Crippen molar-refractivity contribution in [3.05, 3.63) is 101 Å². The Morgan fingerprint density at radius 1 is 0.774 bits per heavy atom. The van der Waals surface area contributed by atoms with Crippen molar-refractivity contribution in [1.29, 1.82) is 0 Å². The molecule has 0 atom stereocenters. The summed E-state index contributed by atoms with van der Waals surface area (Å²) in [5.41, 5.74) is 9.44. The Morgan fingerprint density at radius 2 is 1.32 bits per heavy atom. The molecule has 3 aromatic carbocycles. The number of hydrogen-bond acceptors (Lipinski definition) is 1. The Labute approximate surface area is 184 Å². The van der Waals surface area contributed by atoms with Crippen molar-refractivity contribution < 1.29 is 4.79 Å². The Bertz CT molecular complexity index is 1280. The predicted molar refractivity (Wildman–Crippen MR) is 132 cm³/mol. The van der Waals surface area contributed by atoms with E-state index in [1.165, 1.54) is 38.5 Å². The van der Waals surface area contributed by atoms with Crippen molar-refractivity contribution in [1.82, 2.24) is 4.57 Å². The molecule has 0 bridgehead atoms. The molecule has 0 amide bonds. The zero-order valence-electron chi connectivity index (χ0n) is 19.0. The molecule has 4 aromatic rings. The van der Waals surface area contributed by atoms with Crippen molar-refractivity contribution in [2.45, 2.75) is 41.0 Å². The standard InChI is InChI=1S/C29H29NO/c1-19(2)14-25(31)16-22(5)15-23-8-10-24(11-9-23)30-28-12-6-20(3)17-26(28)27-18-21(4)7-13-29(27)30/h6-14,16-18H,15H2,1-5H3. The van der Waals surface area contributed by atoms with Gasteiger partial charge >= 0.3 is 0 Å². The van der Waals surface area contributed by atoms with Gasteiger partial charge in [-0.25, -0.2) is 0 Å². The van der Waals surface area contributed by atoms with Gasteiger partial charge in [-0.05, 0) is 95.2 Å². The van der Waals surface area contributed by atoms with Crippen LogP contribution in [0.2, 0.25) is 0 Å². The quantitative estimate of drug-likeness (QED) is 0.315. The first-order chi connectivity index (χ1) is 14.8. The van der Waals surface area contributed by atoms with Gasteiger partial charge in [-0.1, -0.05) is 46.5 Å². The summed E-state index contributed by atoms with van der Waals surface area (Å²) in [5, 5.41) is 2.58. The molecule has 1 heterocycles. The topological polar surface area (TPSA) is 22.0 Å². The van der Waals surface area contributed by atoms with Gasteiger partial charge in [0.25, 0.3) is 0 Å². The van der Waals surface area contributed by atoms with E-state index >= 15 is 0 Å². The van der Waals surface area contributed by atoms with Crippen molar-refractivity contribution in [3.8, 4) is 5.69 Å². The average molecular weight is 408 g/mol. The molecular formula is C29H29NO. The number of rotatable bonds is 5. The fourth-order valence-electron chi connectivity index (χ4n) is 4.23. The van der Waals surface area contributed by atoms with E-state index in [0.29, 0.717) is 0 Å². The van der Waals surface area contributed by atoms with Gasteiger partial charge in [0.1, 0.15) is 0 Å². The maximum Gasteiger partial charge on any atom is 0.178 e. The third-order valence-electron chi connectivity index (χ3n) is 5.57. The summed E-state index contributed by atoms with van der Waals surface area (Å²) in [6.45, 7) is 10.2. The number of hydrogen-bond donors (Lipinski definition) is 0. The van der Waals surface area contributed by atoms with Crippen LogP contribution >= 0.6 is 0 Å². The number of ketones is 1. The van der Waals surface area contributed by atoms with E-state index in [-0.39, 0.29) is 5.78 Å². The van der Waals surface area contributed by atoms with E-state index in [9.17, 15) is 4.79 Å². The number of allylic oxidation sites excluding steroid dienone is 4. The van der Waals surface area contributed by atoms with Gasteiger partial charge in [0.05, 0.1) is 11.0 Å². The van der Waals surface area contributed by atoms with Crippen LogP contribution in [0, 0.1) is 13.8 Å². The van der Waals surface area contributed by atoms with Crippen molar-refractivity contribution in [2.24, 2.45) is 0 Å². The molecule has 1 aromatic heterocycles. The average Bonchev–Trinajstić information content (AvgIpc) is 3.00. The van der Waals surface area contributed by atoms with E-state index in [1.54, 1.807) is 12.2 Å². The first-order valence-corrected chi connectivity index (χ1v) is 10.8. The summed E-state index contributed by atoms with van der Waals surface area (Å²) in [6, 6.07) is 22.0. The molecule has 0 N–H and O–H groups in total. The second kappa shape index (κ2) is 8.39. The molecule has 0 aliphatic heterocycles. The van der Waals surface area contributed by atoms with Gasteiger partial charge < -0.3 is 4.57 Å². The Kier molecular flexibility index (Phi) is 5.65. The molecule has 156 valence electrons. The van der Waals surface area contributed by atoms with Crippen molar-refractivity contribution in [2.75, 3.05) is 0 Å². The maximum atomic E-state index is 12.0. The second-order valence-electron chi connectivity index (χ2n) is 8.83. The lowest BCUT2D eigenvalue weighted by Gasteiger charge is -2.10.